The molecule has 18 heavy (non-hydrogen) atoms. The summed E-state index contributed by atoms with van der Waals surface area (Å²) in [5.74, 6) is 0.848. The predicted octanol–water partition coefficient (Wildman–Crippen LogP) is 2.62. The van der Waals surface area contributed by atoms with Crippen LogP contribution in [0.2, 0.25) is 0 Å². The highest BCUT2D eigenvalue weighted by molar-refractivity contribution is 9.10. The Balaban J connectivity index is 1.86. The van der Waals surface area contributed by atoms with Crippen LogP contribution < -0.4 is 4.74 Å². The van der Waals surface area contributed by atoms with Crippen LogP contribution in [0.25, 0.3) is 0 Å². The molecule has 1 aliphatic rings. The molecule has 98 valence electrons. The molecule has 2 rings (SSSR count). The van der Waals surface area contributed by atoms with Gasteiger partial charge in [0.1, 0.15) is 6.10 Å². The van der Waals surface area contributed by atoms with Crippen molar-refractivity contribution in [2.75, 3.05) is 13.1 Å². The van der Waals surface area contributed by atoms with Crippen LogP contribution in [0, 0.1) is 0 Å². The number of hydrogen-bond acceptors (Lipinski definition) is 3. The highest BCUT2D eigenvalue weighted by Crippen LogP contribution is 2.18. The third kappa shape index (κ3) is 3.45. The number of ether oxygens (including phenoxy) is 1. The van der Waals surface area contributed by atoms with E-state index in [4.69, 9.17) is 4.74 Å². The van der Waals surface area contributed by atoms with Gasteiger partial charge in [-0.15, -0.1) is 0 Å². The molecular weight excluding hydrogens is 296 g/mol. The van der Waals surface area contributed by atoms with E-state index in [1.165, 1.54) is 0 Å². The molecule has 0 radical (unpaired) electrons. The van der Waals surface area contributed by atoms with Gasteiger partial charge in [0.25, 0.3) is 0 Å². The van der Waals surface area contributed by atoms with Crippen molar-refractivity contribution in [1.29, 1.82) is 0 Å². The molecule has 0 aromatic carbocycles. The first-order valence-corrected chi connectivity index (χ1v) is 7.04. The number of likely N-dealkylation sites (tertiary alicyclic amines) is 1. The Labute approximate surface area is 115 Å². The molecule has 1 aliphatic heterocycles. The highest BCUT2D eigenvalue weighted by atomic mass is 79.9. The second kappa shape index (κ2) is 6.18. The molecule has 1 unspecified atom stereocenters. The zero-order valence-electron chi connectivity index (χ0n) is 10.4. The van der Waals surface area contributed by atoms with Crippen LogP contribution in [0.4, 0.5) is 0 Å². The third-order valence-corrected chi connectivity index (χ3v) is 3.42. The largest absolute Gasteiger partial charge is 0.472 e. The fourth-order valence-electron chi connectivity index (χ4n) is 2.03. The van der Waals surface area contributed by atoms with Gasteiger partial charge in [-0.3, -0.25) is 4.79 Å². The van der Waals surface area contributed by atoms with Gasteiger partial charge < -0.3 is 9.64 Å². The van der Waals surface area contributed by atoms with E-state index >= 15 is 0 Å². The monoisotopic (exact) mass is 312 g/mol. The molecular formula is C13H17BrN2O2. The van der Waals surface area contributed by atoms with Crippen molar-refractivity contribution < 1.29 is 9.53 Å². The summed E-state index contributed by atoms with van der Waals surface area (Å²) in [5, 5.41) is 0. The smallest absolute Gasteiger partial charge is 0.222 e. The Kier molecular flexibility index (Phi) is 4.58. The average Bonchev–Trinajstić information content (AvgIpc) is 2.81. The number of halogens is 1. The highest BCUT2D eigenvalue weighted by Gasteiger charge is 2.27. The SMILES string of the molecule is CCCC(=O)N1CCC(Oc2ccc(Br)cn2)C1. The first-order chi connectivity index (χ1) is 8.69. The van der Waals surface area contributed by atoms with Crippen LogP contribution in [0.3, 0.4) is 0 Å². The fraction of sp³-hybridized carbons (Fsp3) is 0.538. The standard InChI is InChI=1S/C13H17BrN2O2/c1-2-3-13(17)16-7-6-11(9-16)18-12-5-4-10(14)8-15-12/h4-5,8,11H,2-3,6-7,9H2,1H3. The number of rotatable bonds is 4. The lowest BCUT2D eigenvalue weighted by Gasteiger charge is -2.16. The van der Waals surface area contributed by atoms with Crippen molar-refractivity contribution >= 4 is 21.8 Å². The Morgan fingerprint density at radius 1 is 1.61 bits per heavy atom. The van der Waals surface area contributed by atoms with Crippen LogP contribution in [0.1, 0.15) is 26.2 Å². The van der Waals surface area contributed by atoms with E-state index in [9.17, 15) is 4.79 Å². The molecule has 0 spiro atoms. The summed E-state index contributed by atoms with van der Waals surface area (Å²) in [6.45, 7) is 3.49. The summed E-state index contributed by atoms with van der Waals surface area (Å²) in [6, 6.07) is 3.73. The molecule has 1 aromatic heterocycles. The van der Waals surface area contributed by atoms with Crippen molar-refractivity contribution in [3.05, 3.63) is 22.8 Å². The molecule has 4 nitrogen and oxygen atoms in total. The number of pyridine rings is 1. The lowest BCUT2D eigenvalue weighted by molar-refractivity contribution is -0.130. The second-order valence-electron chi connectivity index (χ2n) is 4.43. The first-order valence-electron chi connectivity index (χ1n) is 6.25. The minimum Gasteiger partial charge on any atom is -0.472 e. The molecule has 0 bridgehead atoms. The Bertz CT molecular complexity index is 408. The van der Waals surface area contributed by atoms with Gasteiger partial charge in [-0.1, -0.05) is 6.92 Å². The number of amides is 1. The second-order valence-corrected chi connectivity index (χ2v) is 5.35. The third-order valence-electron chi connectivity index (χ3n) is 2.95. The molecule has 1 aromatic rings. The maximum absolute atomic E-state index is 11.7. The molecule has 0 aliphatic carbocycles. The van der Waals surface area contributed by atoms with Gasteiger partial charge >= 0.3 is 0 Å². The number of carbonyl (C=O) groups is 1. The van der Waals surface area contributed by atoms with Crippen LogP contribution in [-0.4, -0.2) is 35.0 Å². The number of carbonyl (C=O) groups excluding carboxylic acids is 1. The Morgan fingerprint density at radius 2 is 2.44 bits per heavy atom. The van der Waals surface area contributed by atoms with E-state index in [2.05, 4.69) is 20.9 Å². The van der Waals surface area contributed by atoms with E-state index in [0.29, 0.717) is 18.8 Å². The molecule has 1 atom stereocenters. The molecule has 5 heteroatoms. The lowest BCUT2D eigenvalue weighted by Crippen LogP contribution is -2.30. The van der Waals surface area contributed by atoms with E-state index in [1.807, 2.05) is 24.0 Å². The van der Waals surface area contributed by atoms with Gasteiger partial charge in [-0.05, 0) is 28.4 Å². The summed E-state index contributed by atoms with van der Waals surface area (Å²) in [4.78, 5) is 17.8. The van der Waals surface area contributed by atoms with Gasteiger partial charge in [0.15, 0.2) is 0 Å². The molecule has 1 amide bonds. The summed E-state index contributed by atoms with van der Waals surface area (Å²) < 4.78 is 6.69. The topological polar surface area (TPSA) is 42.4 Å². The van der Waals surface area contributed by atoms with Crippen LogP contribution in [0.15, 0.2) is 22.8 Å². The van der Waals surface area contributed by atoms with Crippen molar-refractivity contribution in [2.24, 2.45) is 0 Å². The fourth-order valence-corrected chi connectivity index (χ4v) is 2.26. The zero-order chi connectivity index (χ0) is 13.0. The van der Waals surface area contributed by atoms with E-state index in [-0.39, 0.29) is 12.0 Å². The quantitative estimate of drug-likeness (QED) is 0.858. The Hall–Kier alpha value is -1.10. The average molecular weight is 313 g/mol. The molecule has 0 N–H and O–H groups in total. The predicted molar refractivity (Wildman–Crippen MR) is 72.5 cm³/mol. The minimum absolute atomic E-state index is 0.0690. The van der Waals surface area contributed by atoms with Crippen molar-refractivity contribution in [3.8, 4) is 5.88 Å². The minimum atomic E-state index is 0.0690. The number of nitrogens with zero attached hydrogens (tertiary/aromatic N) is 2. The van der Waals surface area contributed by atoms with E-state index < -0.39 is 0 Å². The zero-order valence-corrected chi connectivity index (χ0v) is 12.0. The van der Waals surface area contributed by atoms with Crippen LogP contribution in [-0.2, 0) is 4.79 Å². The van der Waals surface area contributed by atoms with Crippen molar-refractivity contribution in [1.82, 2.24) is 9.88 Å². The lowest BCUT2D eigenvalue weighted by atomic mass is 10.3. The van der Waals surface area contributed by atoms with Crippen LogP contribution in [0.5, 0.6) is 5.88 Å². The maximum Gasteiger partial charge on any atom is 0.222 e. The molecule has 0 saturated carbocycles. The molecule has 1 saturated heterocycles. The Morgan fingerprint density at radius 3 is 3.11 bits per heavy atom. The number of hydrogen-bond donors (Lipinski definition) is 0. The van der Waals surface area contributed by atoms with E-state index in [1.54, 1.807) is 6.20 Å². The van der Waals surface area contributed by atoms with Gasteiger partial charge in [0, 0.05) is 36.1 Å². The number of aromatic nitrogens is 1. The van der Waals surface area contributed by atoms with Gasteiger partial charge in [0.05, 0.1) is 6.54 Å². The normalized spacial score (nSPS) is 19.0. The maximum atomic E-state index is 11.7. The molecule has 1 fully saturated rings. The summed E-state index contributed by atoms with van der Waals surface area (Å²) in [6.07, 6.45) is 4.19. The summed E-state index contributed by atoms with van der Waals surface area (Å²) >= 11 is 3.33. The first kappa shape index (κ1) is 13.3. The summed E-state index contributed by atoms with van der Waals surface area (Å²) in [7, 11) is 0. The van der Waals surface area contributed by atoms with Crippen molar-refractivity contribution in [3.63, 3.8) is 0 Å². The van der Waals surface area contributed by atoms with Crippen molar-refractivity contribution in [2.45, 2.75) is 32.3 Å². The molecule has 2 heterocycles. The van der Waals surface area contributed by atoms with Crippen LogP contribution >= 0.6 is 15.9 Å². The van der Waals surface area contributed by atoms with Gasteiger partial charge in [0.2, 0.25) is 11.8 Å². The van der Waals surface area contributed by atoms with Gasteiger partial charge in [-0.2, -0.15) is 0 Å². The van der Waals surface area contributed by atoms with Gasteiger partial charge in [-0.25, -0.2) is 4.98 Å². The van der Waals surface area contributed by atoms with E-state index in [0.717, 1.165) is 23.9 Å². The summed E-state index contributed by atoms with van der Waals surface area (Å²) in [5.41, 5.74) is 0.